The van der Waals surface area contributed by atoms with Crippen LogP contribution in [0, 0.1) is 13.8 Å². The van der Waals surface area contributed by atoms with Gasteiger partial charge < -0.3 is 5.32 Å². The highest BCUT2D eigenvalue weighted by molar-refractivity contribution is 5.26. The van der Waals surface area contributed by atoms with Gasteiger partial charge in [0.1, 0.15) is 5.82 Å². The molecule has 94 valence electrons. The summed E-state index contributed by atoms with van der Waals surface area (Å²) >= 11 is 0. The summed E-state index contributed by atoms with van der Waals surface area (Å²) in [6.07, 6.45) is 4.81. The van der Waals surface area contributed by atoms with Crippen LogP contribution in [0.3, 0.4) is 0 Å². The van der Waals surface area contributed by atoms with E-state index in [0.717, 1.165) is 25.3 Å². The molecule has 1 aliphatic carbocycles. The molecule has 2 rings (SSSR count). The molecule has 0 unspecified atom stereocenters. The van der Waals surface area contributed by atoms with Crippen molar-refractivity contribution in [2.45, 2.75) is 52.4 Å². The van der Waals surface area contributed by atoms with E-state index in [1.165, 1.54) is 36.2 Å². The summed E-state index contributed by atoms with van der Waals surface area (Å²) in [7, 11) is 0. The second kappa shape index (κ2) is 5.58. The fourth-order valence-electron chi connectivity index (χ4n) is 2.22. The van der Waals surface area contributed by atoms with Crippen molar-refractivity contribution in [1.82, 2.24) is 15.3 Å². The molecule has 1 aromatic heterocycles. The molecule has 1 aromatic rings. The van der Waals surface area contributed by atoms with Crippen molar-refractivity contribution in [2.24, 2.45) is 0 Å². The van der Waals surface area contributed by atoms with Crippen LogP contribution in [0.15, 0.2) is 0 Å². The lowest BCUT2D eigenvalue weighted by Gasteiger charge is -2.10. The molecule has 1 fully saturated rings. The van der Waals surface area contributed by atoms with E-state index in [9.17, 15) is 0 Å². The van der Waals surface area contributed by atoms with E-state index in [1.54, 1.807) is 0 Å². The first-order valence-electron chi connectivity index (χ1n) is 6.77. The highest BCUT2D eigenvalue weighted by atomic mass is 14.9. The minimum atomic E-state index is 0.656. The lowest BCUT2D eigenvalue weighted by molar-refractivity contribution is 0.665. The SMILES string of the molecule is CCNCCCc1c(C)nc(C2CC2)nc1C. The Hall–Kier alpha value is -0.960. The molecule has 17 heavy (non-hydrogen) atoms. The maximum absolute atomic E-state index is 4.66. The molecule has 0 atom stereocenters. The number of nitrogens with zero attached hydrogens (tertiary/aromatic N) is 2. The summed E-state index contributed by atoms with van der Waals surface area (Å²) in [5.41, 5.74) is 3.74. The number of aryl methyl sites for hydroxylation is 2. The molecule has 1 N–H and O–H groups in total. The van der Waals surface area contributed by atoms with E-state index in [2.05, 4.69) is 36.1 Å². The van der Waals surface area contributed by atoms with Crippen LogP contribution in [0.4, 0.5) is 0 Å². The summed E-state index contributed by atoms with van der Waals surface area (Å²) < 4.78 is 0. The first-order valence-corrected chi connectivity index (χ1v) is 6.77. The summed E-state index contributed by atoms with van der Waals surface area (Å²) in [5.74, 6) is 1.73. The second-order valence-electron chi connectivity index (χ2n) is 4.96. The second-order valence-corrected chi connectivity index (χ2v) is 4.96. The van der Waals surface area contributed by atoms with E-state index < -0.39 is 0 Å². The van der Waals surface area contributed by atoms with Gasteiger partial charge in [0.2, 0.25) is 0 Å². The van der Waals surface area contributed by atoms with Gasteiger partial charge in [0.25, 0.3) is 0 Å². The van der Waals surface area contributed by atoms with Crippen molar-refractivity contribution < 1.29 is 0 Å². The van der Waals surface area contributed by atoms with Crippen LogP contribution in [-0.2, 0) is 6.42 Å². The first-order chi connectivity index (χ1) is 8.22. The number of hydrogen-bond acceptors (Lipinski definition) is 3. The Kier molecular flexibility index (Phi) is 4.11. The van der Waals surface area contributed by atoms with Gasteiger partial charge in [-0.1, -0.05) is 6.92 Å². The molecular formula is C14H23N3. The summed E-state index contributed by atoms with van der Waals surface area (Å²) in [6, 6.07) is 0. The van der Waals surface area contributed by atoms with Crippen molar-refractivity contribution in [1.29, 1.82) is 0 Å². The van der Waals surface area contributed by atoms with Gasteiger partial charge in [0.15, 0.2) is 0 Å². The smallest absolute Gasteiger partial charge is 0.131 e. The van der Waals surface area contributed by atoms with Gasteiger partial charge in [0.05, 0.1) is 0 Å². The van der Waals surface area contributed by atoms with E-state index in [0.29, 0.717) is 5.92 Å². The van der Waals surface area contributed by atoms with Crippen molar-refractivity contribution in [3.05, 3.63) is 22.8 Å². The zero-order valence-corrected chi connectivity index (χ0v) is 11.2. The average molecular weight is 233 g/mol. The highest BCUT2D eigenvalue weighted by Crippen LogP contribution is 2.38. The van der Waals surface area contributed by atoms with Crippen LogP contribution in [0.25, 0.3) is 0 Å². The number of rotatable bonds is 6. The normalized spacial score (nSPS) is 15.2. The van der Waals surface area contributed by atoms with Crippen LogP contribution in [0.1, 0.15) is 54.9 Å². The fraction of sp³-hybridized carbons (Fsp3) is 0.714. The number of aromatic nitrogens is 2. The third kappa shape index (κ3) is 3.25. The molecule has 0 bridgehead atoms. The predicted octanol–water partition coefficient (Wildman–Crippen LogP) is 2.51. The van der Waals surface area contributed by atoms with Gasteiger partial charge in [-0.2, -0.15) is 0 Å². The largest absolute Gasteiger partial charge is 0.317 e. The summed E-state index contributed by atoms with van der Waals surface area (Å²) in [6.45, 7) is 8.53. The molecule has 1 aliphatic rings. The molecule has 0 radical (unpaired) electrons. The van der Waals surface area contributed by atoms with Gasteiger partial charge in [-0.25, -0.2) is 9.97 Å². The van der Waals surface area contributed by atoms with E-state index >= 15 is 0 Å². The monoisotopic (exact) mass is 233 g/mol. The zero-order chi connectivity index (χ0) is 12.3. The molecule has 1 heterocycles. The Labute approximate surface area is 104 Å². The van der Waals surface area contributed by atoms with E-state index in [4.69, 9.17) is 0 Å². The standard InChI is InChI=1S/C14H23N3/c1-4-15-9-5-6-13-10(2)16-14(12-7-8-12)17-11(13)3/h12,15H,4-9H2,1-3H3. The molecule has 0 saturated heterocycles. The molecule has 3 heteroatoms. The lowest BCUT2D eigenvalue weighted by Crippen LogP contribution is -2.15. The fourth-order valence-corrected chi connectivity index (χ4v) is 2.22. The Morgan fingerprint density at radius 3 is 2.35 bits per heavy atom. The van der Waals surface area contributed by atoms with Crippen LogP contribution >= 0.6 is 0 Å². The molecule has 0 aliphatic heterocycles. The Bertz CT molecular complexity index is 360. The minimum absolute atomic E-state index is 0.656. The van der Waals surface area contributed by atoms with E-state index in [1.807, 2.05) is 0 Å². The molecular weight excluding hydrogens is 210 g/mol. The van der Waals surface area contributed by atoms with Gasteiger partial charge in [-0.05, 0) is 58.2 Å². The van der Waals surface area contributed by atoms with Crippen molar-refractivity contribution in [2.75, 3.05) is 13.1 Å². The van der Waals surface area contributed by atoms with Gasteiger partial charge in [-0.3, -0.25) is 0 Å². The van der Waals surface area contributed by atoms with E-state index in [-0.39, 0.29) is 0 Å². The molecule has 0 aromatic carbocycles. The van der Waals surface area contributed by atoms with Gasteiger partial charge >= 0.3 is 0 Å². The minimum Gasteiger partial charge on any atom is -0.317 e. The average Bonchev–Trinajstić information content (AvgIpc) is 3.10. The summed E-state index contributed by atoms with van der Waals surface area (Å²) in [5, 5.41) is 3.36. The highest BCUT2D eigenvalue weighted by Gasteiger charge is 2.27. The maximum atomic E-state index is 4.66. The maximum Gasteiger partial charge on any atom is 0.131 e. The Balaban J connectivity index is 2.00. The Morgan fingerprint density at radius 1 is 1.18 bits per heavy atom. The van der Waals surface area contributed by atoms with Crippen molar-refractivity contribution in [3.8, 4) is 0 Å². The molecule has 0 spiro atoms. The number of nitrogens with one attached hydrogen (secondary N) is 1. The topological polar surface area (TPSA) is 37.8 Å². The Morgan fingerprint density at radius 2 is 1.82 bits per heavy atom. The molecule has 0 amide bonds. The molecule has 3 nitrogen and oxygen atoms in total. The lowest BCUT2D eigenvalue weighted by atomic mass is 10.1. The number of hydrogen-bond donors (Lipinski definition) is 1. The quantitative estimate of drug-likeness (QED) is 0.767. The van der Waals surface area contributed by atoms with Crippen LogP contribution in [-0.4, -0.2) is 23.1 Å². The predicted molar refractivity (Wildman–Crippen MR) is 70.3 cm³/mol. The third-order valence-corrected chi connectivity index (χ3v) is 3.41. The first kappa shape index (κ1) is 12.5. The third-order valence-electron chi connectivity index (χ3n) is 3.41. The molecule has 1 saturated carbocycles. The zero-order valence-electron chi connectivity index (χ0n) is 11.2. The van der Waals surface area contributed by atoms with Crippen molar-refractivity contribution >= 4 is 0 Å². The van der Waals surface area contributed by atoms with Gasteiger partial charge in [0, 0.05) is 17.3 Å². The summed E-state index contributed by atoms with van der Waals surface area (Å²) in [4.78, 5) is 9.33. The van der Waals surface area contributed by atoms with Crippen LogP contribution in [0.5, 0.6) is 0 Å². The van der Waals surface area contributed by atoms with Crippen molar-refractivity contribution in [3.63, 3.8) is 0 Å². The van der Waals surface area contributed by atoms with Gasteiger partial charge in [-0.15, -0.1) is 0 Å². The van der Waals surface area contributed by atoms with Crippen LogP contribution in [0.2, 0.25) is 0 Å². The van der Waals surface area contributed by atoms with Crippen LogP contribution < -0.4 is 5.32 Å².